The molecule has 0 heterocycles. The quantitative estimate of drug-likeness (QED) is 0.836. The van der Waals surface area contributed by atoms with E-state index in [9.17, 15) is 10.2 Å². The van der Waals surface area contributed by atoms with E-state index < -0.39 is 11.7 Å². The number of hydrogen-bond donors (Lipinski definition) is 2. The second kappa shape index (κ2) is 7.09. The predicted octanol–water partition coefficient (Wildman–Crippen LogP) is 3.59. The second-order valence-corrected chi connectivity index (χ2v) is 5.95. The number of rotatable bonds is 6. The molecule has 0 amide bonds. The Balaban J connectivity index is 1.94. The van der Waals surface area contributed by atoms with E-state index in [-0.39, 0.29) is 0 Å². The number of aliphatic hydroxyl groups is 2. The molecule has 0 saturated heterocycles. The molecule has 0 radical (unpaired) electrons. The summed E-state index contributed by atoms with van der Waals surface area (Å²) in [6, 6.07) is 7.58. The Morgan fingerprint density at radius 2 is 2.00 bits per heavy atom. The van der Waals surface area contributed by atoms with Gasteiger partial charge in [0.25, 0.3) is 0 Å². The highest BCUT2D eigenvalue weighted by Crippen LogP contribution is 2.29. The Labute approximate surface area is 121 Å². The lowest BCUT2D eigenvalue weighted by Gasteiger charge is -2.31. The van der Waals surface area contributed by atoms with Gasteiger partial charge in [-0.25, -0.2) is 0 Å². The maximum absolute atomic E-state index is 10.4. The smallest absolute Gasteiger partial charge is 0.119 e. The molecular formula is C17H26O3. The third kappa shape index (κ3) is 4.22. The van der Waals surface area contributed by atoms with Gasteiger partial charge in [-0.05, 0) is 37.0 Å². The fraction of sp³-hybridized carbons (Fsp3) is 0.647. The molecule has 1 atom stereocenters. The molecule has 1 aliphatic rings. The van der Waals surface area contributed by atoms with E-state index in [0.717, 1.165) is 49.8 Å². The van der Waals surface area contributed by atoms with Gasteiger partial charge in [-0.2, -0.15) is 0 Å². The van der Waals surface area contributed by atoms with Crippen molar-refractivity contribution in [3.8, 4) is 5.75 Å². The van der Waals surface area contributed by atoms with Crippen LogP contribution in [-0.4, -0.2) is 22.4 Å². The van der Waals surface area contributed by atoms with Crippen LogP contribution in [0.25, 0.3) is 0 Å². The highest BCUT2D eigenvalue weighted by atomic mass is 16.5. The Hall–Kier alpha value is -1.06. The first-order valence-electron chi connectivity index (χ1n) is 7.76. The zero-order valence-electron chi connectivity index (χ0n) is 12.3. The first-order chi connectivity index (χ1) is 9.63. The molecule has 0 aliphatic heterocycles. The molecule has 2 rings (SSSR count). The van der Waals surface area contributed by atoms with Crippen molar-refractivity contribution in [1.82, 2.24) is 0 Å². The van der Waals surface area contributed by atoms with Gasteiger partial charge in [-0.15, -0.1) is 0 Å². The minimum Gasteiger partial charge on any atom is -0.491 e. The lowest BCUT2D eigenvalue weighted by molar-refractivity contribution is -0.0339. The summed E-state index contributed by atoms with van der Waals surface area (Å²) in [6.45, 7) is 2.41. The lowest BCUT2D eigenvalue weighted by Crippen LogP contribution is -2.37. The maximum Gasteiger partial charge on any atom is 0.119 e. The van der Waals surface area contributed by atoms with Crippen molar-refractivity contribution in [3.63, 3.8) is 0 Å². The molecule has 3 heteroatoms. The van der Waals surface area contributed by atoms with Crippen molar-refractivity contribution >= 4 is 0 Å². The molecule has 1 fully saturated rings. The first kappa shape index (κ1) is 15.3. The highest BCUT2D eigenvalue weighted by Gasteiger charge is 2.29. The standard InChI is InChI=1S/C17H26O3/c1-2-7-16(18)14-8-6-9-15(12-14)20-13-17(19)10-4-3-5-11-17/h6,8-9,12,16,18-19H,2-5,7,10-11,13H2,1H3/t16-/m0/s1. The van der Waals surface area contributed by atoms with Gasteiger partial charge in [0, 0.05) is 0 Å². The molecule has 0 spiro atoms. The number of ether oxygens (including phenoxy) is 1. The third-order valence-electron chi connectivity index (χ3n) is 4.10. The summed E-state index contributed by atoms with van der Waals surface area (Å²) < 4.78 is 5.76. The summed E-state index contributed by atoms with van der Waals surface area (Å²) in [7, 11) is 0. The van der Waals surface area contributed by atoms with Crippen LogP contribution in [-0.2, 0) is 0 Å². The molecule has 20 heavy (non-hydrogen) atoms. The molecule has 112 valence electrons. The fourth-order valence-corrected chi connectivity index (χ4v) is 2.82. The summed E-state index contributed by atoms with van der Waals surface area (Å²) in [5.41, 5.74) is 0.219. The van der Waals surface area contributed by atoms with Crippen molar-refractivity contribution in [1.29, 1.82) is 0 Å². The summed E-state index contributed by atoms with van der Waals surface area (Å²) in [4.78, 5) is 0. The Morgan fingerprint density at radius 3 is 2.70 bits per heavy atom. The molecule has 1 aromatic carbocycles. The zero-order valence-corrected chi connectivity index (χ0v) is 12.3. The van der Waals surface area contributed by atoms with Gasteiger partial charge in [-0.3, -0.25) is 0 Å². The lowest BCUT2D eigenvalue weighted by atomic mass is 9.85. The van der Waals surface area contributed by atoms with Crippen molar-refractivity contribution < 1.29 is 14.9 Å². The summed E-state index contributed by atoms with van der Waals surface area (Å²) in [5, 5.41) is 20.4. The van der Waals surface area contributed by atoms with Gasteiger partial charge >= 0.3 is 0 Å². The van der Waals surface area contributed by atoms with Crippen LogP contribution in [0, 0.1) is 0 Å². The van der Waals surface area contributed by atoms with Crippen LogP contribution in [0.5, 0.6) is 5.75 Å². The van der Waals surface area contributed by atoms with Crippen molar-refractivity contribution in [2.24, 2.45) is 0 Å². The number of benzene rings is 1. The second-order valence-electron chi connectivity index (χ2n) is 5.95. The summed E-state index contributed by atoms with van der Waals surface area (Å²) >= 11 is 0. The van der Waals surface area contributed by atoms with E-state index in [0.29, 0.717) is 6.61 Å². The summed E-state index contributed by atoms with van der Waals surface area (Å²) in [5.74, 6) is 0.733. The van der Waals surface area contributed by atoms with Crippen LogP contribution < -0.4 is 4.74 Å². The highest BCUT2D eigenvalue weighted by molar-refractivity contribution is 5.30. The van der Waals surface area contributed by atoms with Crippen LogP contribution in [0.15, 0.2) is 24.3 Å². The van der Waals surface area contributed by atoms with Gasteiger partial charge in [0.05, 0.1) is 11.7 Å². The van der Waals surface area contributed by atoms with Gasteiger partial charge in [-0.1, -0.05) is 44.7 Å². The topological polar surface area (TPSA) is 49.7 Å². The third-order valence-corrected chi connectivity index (χ3v) is 4.10. The number of hydrogen-bond acceptors (Lipinski definition) is 3. The molecule has 2 N–H and O–H groups in total. The normalized spacial score (nSPS) is 19.6. The van der Waals surface area contributed by atoms with Gasteiger partial charge in [0.15, 0.2) is 0 Å². The SMILES string of the molecule is CCC[C@H](O)c1cccc(OCC2(O)CCCCC2)c1. The predicted molar refractivity (Wildman–Crippen MR) is 79.8 cm³/mol. The zero-order chi connectivity index (χ0) is 14.4. The van der Waals surface area contributed by atoms with E-state index in [2.05, 4.69) is 6.92 Å². The largest absolute Gasteiger partial charge is 0.491 e. The van der Waals surface area contributed by atoms with Crippen LogP contribution in [0.4, 0.5) is 0 Å². The molecular weight excluding hydrogens is 252 g/mol. The van der Waals surface area contributed by atoms with Crippen LogP contribution >= 0.6 is 0 Å². The Morgan fingerprint density at radius 1 is 1.25 bits per heavy atom. The fourth-order valence-electron chi connectivity index (χ4n) is 2.82. The number of aliphatic hydroxyl groups excluding tert-OH is 1. The average molecular weight is 278 g/mol. The molecule has 1 aromatic rings. The van der Waals surface area contributed by atoms with Gasteiger partial charge in [0.2, 0.25) is 0 Å². The molecule has 0 bridgehead atoms. The minimum atomic E-state index is -0.670. The average Bonchev–Trinajstić information content (AvgIpc) is 2.47. The van der Waals surface area contributed by atoms with E-state index in [1.165, 1.54) is 6.42 Å². The minimum absolute atomic E-state index is 0.348. The molecule has 0 unspecified atom stereocenters. The molecule has 1 aliphatic carbocycles. The van der Waals surface area contributed by atoms with Crippen LogP contribution in [0.2, 0.25) is 0 Å². The summed E-state index contributed by atoms with van der Waals surface area (Å²) in [6.07, 6.45) is 6.29. The van der Waals surface area contributed by atoms with Crippen LogP contribution in [0.1, 0.15) is 63.5 Å². The first-order valence-corrected chi connectivity index (χ1v) is 7.76. The Bertz CT molecular complexity index is 410. The van der Waals surface area contributed by atoms with E-state index in [1.54, 1.807) is 0 Å². The van der Waals surface area contributed by atoms with Crippen molar-refractivity contribution in [2.75, 3.05) is 6.61 Å². The van der Waals surface area contributed by atoms with E-state index in [1.807, 2.05) is 24.3 Å². The van der Waals surface area contributed by atoms with E-state index in [4.69, 9.17) is 4.74 Å². The molecule has 1 saturated carbocycles. The van der Waals surface area contributed by atoms with Crippen molar-refractivity contribution in [3.05, 3.63) is 29.8 Å². The Kier molecular flexibility index (Phi) is 5.44. The monoisotopic (exact) mass is 278 g/mol. The van der Waals surface area contributed by atoms with Gasteiger partial charge < -0.3 is 14.9 Å². The van der Waals surface area contributed by atoms with Gasteiger partial charge in [0.1, 0.15) is 12.4 Å². The maximum atomic E-state index is 10.4. The van der Waals surface area contributed by atoms with E-state index >= 15 is 0 Å². The van der Waals surface area contributed by atoms with Crippen molar-refractivity contribution in [2.45, 2.75) is 63.6 Å². The molecule has 3 nitrogen and oxygen atoms in total. The van der Waals surface area contributed by atoms with Crippen LogP contribution in [0.3, 0.4) is 0 Å². The molecule has 0 aromatic heterocycles.